The van der Waals surface area contributed by atoms with Crippen molar-refractivity contribution in [2.45, 2.75) is 19.5 Å². The summed E-state index contributed by atoms with van der Waals surface area (Å²) < 4.78 is 37.4. The van der Waals surface area contributed by atoms with Crippen molar-refractivity contribution in [3.05, 3.63) is 65.0 Å². The van der Waals surface area contributed by atoms with Crippen molar-refractivity contribution in [3.8, 4) is 0 Å². The van der Waals surface area contributed by atoms with Crippen LogP contribution in [0, 0.1) is 6.92 Å². The molecule has 0 spiro atoms. The zero-order valence-electron chi connectivity index (χ0n) is 11.0. The molecule has 104 valence electrons. The number of aromatic nitrogens is 1. The average molecular weight is 277 g/mol. The summed E-state index contributed by atoms with van der Waals surface area (Å²) in [4.78, 5) is 3.76. The molecule has 0 aliphatic carbocycles. The van der Waals surface area contributed by atoms with Crippen LogP contribution in [0.15, 0.2) is 42.7 Å². The Bertz CT molecular complexity index is 598. The van der Waals surface area contributed by atoms with E-state index in [9.17, 15) is 13.2 Å². The summed E-state index contributed by atoms with van der Waals surface area (Å²) in [6, 6.07) is 9.37. The van der Waals surface area contributed by atoms with Crippen LogP contribution in [0.1, 0.15) is 22.3 Å². The molecule has 1 aromatic carbocycles. The van der Waals surface area contributed by atoms with Crippen LogP contribution in [-0.4, -0.2) is 11.2 Å². The van der Waals surface area contributed by atoms with Crippen LogP contribution in [0.5, 0.6) is 0 Å². The Morgan fingerprint density at radius 3 is 2.40 bits per heavy atom. The Balaban J connectivity index is 2.22. The molecular formula is C16H14F3N. The second kappa shape index (κ2) is 5.90. The largest absolute Gasteiger partial charge is 0.393 e. The molecule has 4 heteroatoms. The van der Waals surface area contributed by atoms with Gasteiger partial charge in [-0.25, -0.2) is 0 Å². The van der Waals surface area contributed by atoms with E-state index in [2.05, 4.69) is 4.98 Å². The summed E-state index contributed by atoms with van der Waals surface area (Å²) in [7, 11) is 0. The summed E-state index contributed by atoms with van der Waals surface area (Å²) in [5.74, 6) is 0. The minimum Gasteiger partial charge on any atom is -0.264 e. The monoisotopic (exact) mass is 277 g/mol. The van der Waals surface area contributed by atoms with Gasteiger partial charge >= 0.3 is 6.18 Å². The molecule has 0 radical (unpaired) electrons. The fraction of sp³-hybridized carbons (Fsp3) is 0.188. The summed E-state index contributed by atoms with van der Waals surface area (Å²) in [6.07, 6.45) is 1.06. The SMILES string of the molecule is Cc1ccc(C=Cc2ccncc2CC(F)(F)F)cc1. The van der Waals surface area contributed by atoms with E-state index in [1.165, 1.54) is 12.4 Å². The van der Waals surface area contributed by atoms with Crippen molar-refractivity contribution >= 4 is 12.2 Å². The average Bonchev–Trinajstić information content (AvgIpc) is 2.38. The molecule has 1 aromatic heterocycles. The Labute approximate surface area is 115 Å². The van der Waals surface area contributed by atoms with Gasteiger partial charge in [0.15, 0.2) is 0 Å². The van der Waals surface area contributed by atoms with E-state index in [-0.39, 0.29) is 5.56 Å². The quantitative estimate of drug-likeness (QED) is 0.794. The molecule has 0 N–H and O–H groups in total. The number of pyridine rings is 1. The summed E-state index contributed by atoms with van der Waals surface area (Å²) in [5, 5.41) is 0. The van der Waals surface area contributed by atoms with Crippen LogP contribution in [0.3, 0.4) is 0 Å². The number of hydrogen-bond acceptors (Lipinski definition) is 1. The first-order valence-electron chi connectivity index (χ1n) is 6.18. The van der Waals surface area contributed by atoms with Crippen molar-refractivity contribution in [1.82, 2.24) is 4.98 Å². The van der Waals surface area contributed by atoms with E-state index in [1.54, 1.807) is 18.2 Å². The topological polar surface area (TPSA) is 12.9 Å². The zero-order chi connectivity index (χ0) is 14.6. The Morgan fingerprint density at radius 1 is 1.05 bits per heavy atom. The van der Waals surface area contributed by atoms with E-state index < -0.39 is 12.6 Å². The van der Waals surface area contributed by atoms with Crippen molar-refractivity contribution in [1.29, 1.82) is 0 Å². The number of rotatable bonds is 3. The molecular weight excluding hydrogens is 263 g/mol. The fourth-order valence-corrected chi connectivity index (χ4v) is 1.83. The molecule has 0 unspecified atom stereocenters. The number of aryl methyl sites for hydroxylation is 1. The predicted octanol–water partition coefficient (Wildman–Crippen LogP) is 4.67. The third-order valence-electron chi connectivity index (χ3n) is 2.86. The van der Waals surface area contributed by atoms with E-state index in [0.29, 0.717) is 5.56 Å². The van der Waals surface area contributed by atoms with Gasteiger partial charge in [0.25, 0.3) is 0 Å². The van der Waals surface area contributed by atoms with Gasteiger partial charge in [-0.2, -0.15) is 13.2 Å². The van der Waals surface area contributed by atoms with Crippen molar-refractivity contribution in [2.24, 2.45) is 0 Å². The number of benzene rings is 1. The summed E-state index contributed by atoms with van der Waals surface area (Å²) >= 11 is 0. The smallest absolute Gasteiger partial charge is 0.264 e. The molecule has 0 atom stereocenters. The van der Waals surface area contributed by atoms with Crippen molar-refractivity contribution in [2.75, 3.05) is 0 Å². The highest BCUT2D eigenvalue weighted by Crippen LogP contribution is 2.23. The van der Waals surface area contributed by atoms with Crippen molar-refractivity contribution < 1.29 is 13.2 Å². The minimum atomic E-state index is -4.23. The Morgan fingerprint density at radius 2 is 1.75 bits per heavy atom. The lowest BCUT2D eigenvalue weighted by Gasteiger charge is -2.08. The van der Waals surface area contributed by atoms with Crippen LogP contribution in [0.2, 0.25) is 0 Å². The van der Waals surface area contributed by atoms with Gasteiger partial charge in [-0.05, 0) is 29.7 Å². The van der Waals surface area contributed by atoms with Crippen LogP contribution in [-0.2, 0) is 6.42 Å². The molecule has 0 fully saturated rings. The van der Waals surface area contributed by atoms with Crippen LogP contribution < -0.4 is 0 Å². The maximum Gasteiger partial charge on any atom is 0.393 e. The minimum absolute atomic E-state index is 0.184. The Kier molecular flexibility index (Phi) is 4.23. The number of alkyl halides is 3. The molecule has 0 amide bonds. The maximum absolute atomic E-state index is 12.5. The molecule has 0 bridgehead atoms. The molecule has 20 heavy (non-hydrogen) atoms. The van der Waals surface area contributed by atoms with Gasteiger partial charge in [0.1, 0.15) is 0 Å². The molecule has 2 rings (SSSR count). The predicted molar refractivity (Wildman–Crippen MR) is 74.1 cm³/mol. The summed E-state index contributed by atoms with van der Waals surface area (Å²) in [5.41, 5.74) is 2.82. The number of hydrogen-bond donors (Lipinski definition) is 0. The standard InChI is InChI=1S/C16H14F3N/c1-12-2-4-13(5-3-12)6-7-14-8-9-20-11-15(14)10-16(17,18)19/h2-9,11H,10H2,1H3. The van der Waals surface area contributed by atoms with Gasteiger partial charge in [0.05, 0.1) is 6.42 Å². The van der Waals surface area contributed by atoms with Crippen LogP contribution >= 0.6 is 0 Å². The summed E-state index contributed by atoms with van der Waals surface area (Å²) in [6.45, 7) is 1.98. The second-order valence-electron chi connectivity index (χ2n) is 4.61. The van der Waals surface area contributed by atoms with Gasteiger partial charge in [-0.1, -0.05) is 42.0 Å². The lowest BCUT2D eigenvalue weighted by atomic mass is 10.1. The van der Waals surface area contributed by atoms with E-state index in [4.69, 9.17) is 0 Å². The van der Waals surface area contributed by atoms with Gasteiger partial charge in [-0.3, -0.25) is 4.98 Å². The molecule has 0 saturated heterocycles. The molecule has 2 aromatic rings. The van der Waals surface area contributed by atoms with Gasteiger partial charge in [0, 0.05) is 12.4 Å². The van der Waals surface area contributed by atoms with Crippen LogP contribution in [0.25, 0.3) is 12.2 Å². The first-order valence-corrected chi connectivity index (χ1v) is 6.18. The third-order valence-corrected chi connectivity index (χ3v) is 2.86. The first kappa shape index (κ1) is 14.3. The normalized spacial score (nSPS) is 12.0. The third kappa shape index (κ3) is 4.23. The lowest BCUT2D eigenvalue weighted by molar-refractivity contribution is -0.127. The number of halogens is 3. The molecule has 0 aliphatic rings. The highest BCUT2D eigenvalue weighted by atomic mass is 19.4. The fourth-order valence-electron chi connectivity index (χ4n) is 1.83. The van der Waals surface area contributed by atoms with Gasteiger partial charge < -0.3 is 0 Å². The van der Waals surface area contributed by atoms with E-state index in [0.717, 1.165) is 11.1 Å². The Hall–Kier alpha value is -2.10. The molecule has 1 nitrogen and oxygen atoms in total. The highest BCUT2D eigenvalue weighted by molar-refractivity contribution is 5.71. The molecule has 0 saturated carbocycles. The zero-order valence-corrected chi connectivity index (χ0v) is 11.0. The number of nitrogens with zero attached hydrogens (tertiary/aromatic N) is 1. The van der Waals surface area contributed by atoms with Gasteiger partial charge in [-0.15, -0.1) is 0 Å². The first-order chi connectivity index (χ1) is 9.44. The molecule has 1 heterocycles. The lowest BCUT2D eigenvalue weighted by Crippen LogP contribution is -2.12. The van der Waals surface area contributed by atoms with E-state index >= 15 is 0 Å². The highest BCUT2D eigenvalue weighted by Gasteiger charge is 2.28. The maximum atomic E-state index is 12.5. The second-order valence-corrected chi connectivity index (χ2v) is 4.61. The molecule has 0 aliphatic heterocycles. The van der Waals surface area contributed by atoms with Crippen molar-refractivity contribution in [3.63, 3.8) is 0 Å². The van der Waals surface area contributed by atoms with E-state index in [1.807, 2.05) is 31.2 Å². The van der Waals surface area contributed by atoms with Crippen LogP contribution in [0.4, 0.5) is 13.2 Å². The van der Waals surface area contributed by atoms with Gasteiger partial charge in [0.2, 0.25) is 0 Å².